The molecule has 0 aliphatic rings. The van der Waals surface area contributed by atoms with Gasteiger partial charge < -0.3 is 15.7 Å². The third kappa shape index (κ3) is 3.74. The van der Waals surface area contributed by atoms with Gasteiger partial charge in [0.1, 0.15) is 0 Å². The highest BCUT2D eigenvalue weighted by molar-refractivity contribution is 5.90. The molecule has 0 bridgehead atoms. The number of amides is 1. The van der Waals surface area contributed by atoms with Gasteiger partial charge in [-0.25, -0.2) is 0 Å². The molecule has 1 rings (SSSR count). The first-order valence-corrected chi connectivity index (χ1v) is 5.03. The van der Waals surface area contributed by atoms with Gasteiger partial charge >= 0.3 is 0 Å². The Morgan fingerprint density at radius 1 is 1.44 bits per heavy atom. The molecule has 0 unspecified atom stereocenters. The third-order valence-electron chi connectivity index (χ3n) is 2.21. The summed E-state index contributed by atoms with van der Waals surface area (Å²) in [6.07, 6.45) is 2.99. The van der Waals surface area contributed by atoms with E-state index in [2.05, 4.69) is 0 Å². The van der Waals surface area contributed by atoms with Crippen molar-refractivity contribution in [2.75, 3.05) is 25.1 Å². The van der Waals surface area contributed by atoms with Crippen LogP contribution in [0.4, 0.5) is 5.69 Å². The summed E-state index contributed by atoms with van der Waals surface area (Å²) in [7, 11) is 1.91. The zero-order valence-electron chi connectivity index (χ0n) is 9.26. The molecular formula is C12H16N2O2. The molecule has 0 aliphatic heterocycles. The highest BCUT2D eigenvalue weighted by Crippen LogP contribution is 2.14. The molecule has 0 spiro atoms. The second kappa shape index (κ2) is 5.92. The van der Waals surface area contributed by atoms with Crippen molar-refractivity contribution >= 4 is 17.7 Å². The number of hydrogen-bond acceptors (Lipinski definition) is 3. The highest BCUT2D eigenvalue weighted by Gasteiger charge is 1.98. The van der Waals surface area contributed by atoms with Gasteiger partial charge in [0, 0.05) is 25.4 Å². The van der Waals surface area contributed by atoms with E-state index in [1.807, 2.05) is 36.2 Å². The number of aliphatic hydroxyl groups excluding tert-OH is 1. The maximum Gasteiger partial charge on any atom is 0.241 e. The van der Waals surface area contributed by atoms with Crippen molar-refractivity contribution in [1.82, 2.24) is 0 Å². The summed E-state index contributed by atoms with van der Waals surface area (Å²) in [5.74, 6) is -0.457. The van der Waals surface area contributed by atoms with E-state index < -0.39 is 5.91 Å². The molecule has 0 heterocycles. The van der Waals surface area contributed by atoms with Crippen LogP contribution >= 0.6 is 0 Å². The lowest BCUT2D eigenvalue weighted by Crippen LogP contribution is -2.20. The van der Waals surface area contributed by atoms with Crippen molar-refractivity contribution in [3.05, 3.63) is 35.9 Å². The van der Waals surface area contributed by atoms with Gasteiger partial charge in [-0.05, 0) is 23.8 Å². The van der Waals surface area contributed by atoms with Crippen molar-refractivity contribution in [2.24, 2.45) is 5.73 Å². The summed E-state index contributed by atoms with van der Waals surface area (Å²) in [6, 6.07) is 7.64. The fourth-order valence-corrected chi connectivity index (χ4v) is 1.30. The fraction of sp³-hybridized carbons (Fsp3) is 0.250. The van der Waals surface area contributed by atoms with Gasteiger partial charge in [0.25, 0.3) is 0 Å². The van der Waals surface area contributed by atoms with Gasteiger partial charge in [-0.3, -0.25) is 4.79 Å². The van der Waals surface area contributed by atoms with E-state index >= 15 is 0 Å². The van der Waals surface area contributed by atoms with Crippen molar-refractivity contribution in [3.63, 3.8) is 0 Å². The Labute approximate surface area is 95.0 Å². The van der Waals surface area contributed by atoms with Crippen molar-refractivity contribution in [1.29, 1.82) is 0 Å². The molecule has 4 nitrogen and oxygen atoms in total. The number of benzene rings is 1. The monoisotopic (exact) mass is 220 g/mol. The molecule has 16 heavy (non-hydrogen) atoms. The van der Waals surface area contributed by atoms with Crippen LogP contribution < -0.4 is 10.6 Å². The molecule has 4 heteroatoms. The summed E-state index contributed by atoms with van der Waals surface area (Å²) in [4.78, 5) is 12.5. The highest BCUT2D eigenvalue weighted by atomic mass is 16.3. The number of aliphatic hydroxyl groups is 1. The first-order valence-electron chi connectivity index (χ1n) is 5.03. The Morgan fingerprint density at radius 3 is 2.56 bits per heavy atom. The second-order valence-electron chi connectivity index (χ2n) is 3.47. The van der Waals surface area contributed by atoms with E-state index in [1.54, 1.807) is 6.08 Å². The predicted octanol–water partition coefficient (Wildman–Crippen LogP) is 0.614. The number of carbonyl (C=O) groups is 1. The lowest BCUT2D eigenvalue weighted by Gasteiger charge is -2.17. The maximum absolute atomic E-state index is 10.5. The molecule has 0 saturated carbocycles. The van der Waals surface area contributed by atoms with Crippen molar-refractivity contribution < 1.29 is 9.90 Å². The Bertz CT molecular complexity index is 371. The normalized spacial score (nSPS) is 10.6. The molecule has 0 aliphatic carbocycles. The third-order valence-corrected chi connectivity index (χ3v) is 2.21. The van der Waals surface area contributed by atoms with E-state index in [-0.39, 0.29) is 6.61 Å². The van der Waals surface area contributed by atoms with Gasteiger partial charge in [0.15, 0.2) is 0 Å². The topological polar surface area (TPSA) is 66.6 Å². The first kappa shape index (κ1) is 12.3. The molecule has 0 saturated heterocycles. The Balaban J connectivity index is 2.71. The average molecular weight is 220 g/mol. The lowest BCUT2D eigenvalue weighted by atomic mass is 10.2. The van der Waals surface area contributed by atoms with Crippen molar-refractivity contribution in [2.45, 2.75) is 0 Å². The van der Waals surface area contributed by atoms with Crippen LogP contribution in [0.2, 0.25) is 0 Å². The van der Waals surface area contributed by atoms with Crippen LogP contribution in [0.15, 0.2) is 30.3 Å². The molecule has 3 N–H and O–H groups in total. The minimum absolute atomic E-state index is 0.125. The number of primary amides is 1. The molecule has 86 valence electrons. The number of anilines is 1. The van der Waals surface area contributed by atoms with Crippen LogP contribution in [0.1, 0.15) is 5.56 Å². The molecule has 1 aromatic carbocycles. The van der Waals surface area contributed by atoms with E-state index in [0.717, 1.165) is 11.3 Å². The van der Waals surface area contributed by atoms with Crippen LogP contribution in [0.3, 0.4) is 0 Å². The van der Waals surface area contributed by atoms with Gasteiger partial charge in [-0.15, -0.1) is 0 Å². The van der Waals surface area contributed by atoms with Crippen LogP contribution in [0.25, 0.3) is 6.08 Å². The van der Waals surface area contributed by atoms with Crippen LogP contribution in [0, 0.1) is 0 Å². The quantitative estimate of drug-likeness (QED) is 0.715. The van der Waals surface area contributed by atoms with Gasteiger partial charge in [0.2, 0.25) is 5.91 Å². The minimum Gasteiger partial charge on any atom is -0.395 e. The van der Waals surface area contributed by atoms with E-state index in [1.165, 1.54) is 6.08 Å². The lowest BCUT2D eigenvalue weighted by molar-refractivity contribution is -0.113. The standard InChI is InChI=1S/C12H16N2O2/c1-14(8-9-15)11-5-2-10(3-6-11)4-7-12(13)16/h2-7,15H,8-9H2,1H3,(H2,13,16). The smallest absolute Gasteiger partial charge is 0.241 e. The summed E-state index contributed by atoms with van der Waals surface area (Å²) in [6.45, 7) is 0.719. The molecule has 0 atom stereocenters. The molecular weight excluding hydrogens is 204 g/mol. The molecule has 1 amide bonds. The van der Waals surface area contributed by atoms with E-state index in [4.69, 9.17) is 10.8 Å². The average Bonchev–Trinajstić information content (AvgIpc) is 2.27. The number of nitrogens with two attached hydrogens (primary N) is 1. The summed E-state index contributed by atoms with van der Waals surface area (Å²) in [5, 5.41) is 8.79. The number of nitrogens with zero attached hydrogens (tertiary/aromatic N) is 1. The molecule has 1 aromatic rings. The Morgan fingerprint density at radius 2 is 2.06 bits per heavy atom. The zero-order chi connectivity index (χ0) is 12.0. The van der Waals surface area contributed by atoms with E-state index in [0.29, 0.717) is 6.54 Å². The fourth-order valence-electron chi connectivity index (χ4n) is 1.30. The van der Waals surface area contributed by atoms with Crippen LogP contribution in [-0.4, -0.2) is 31.2 Å². The number of carbonyl (C=O) groups excluding carboxylic acids is 1. The van der Waals surface area contributed by atoms with Crippen molar-refractivity contribution in [3.8, 4) is 0 Å². The zero-order valence-corrected chi connectivity index (χ0v) is 9.26. The number of hydrogen-bond donors (Lipinski definition) is 2. The largest absolute Gasteiger partial charge is 0.395 e. The maximum atomic E-state index is 10.5. The van der Waals surface area contributed by atoms with Gasteiger partial charge in [-0.2, -0.15) is 0 Å². The van der Waals surface area contributed by atoms with Crippen LogP contribution in [0.5, 0.6) is 0 Å². The van der Waals surface area contributed by atoms with Gasteiger partial charge in [0.05, 0.1) is 6.61 Å². The van der Waals surface area contributed by atoms with E-state index in [9.17, 15) is 4.79 Å². The predicted molar refractivity (Wildman–Crippen MR) is 65.0 cm³/mol. The summed E-state index contributed by atoms with van der Waals surface area (Å²) in [5.41, 5.74) is 6.93. The Hall–Kier alpha value is -1.81. The number of rotatable bonds is 5. The molecule has 0 aromatic heterocycles. The van der Waals surface area contributed by atoms with Gasteiger partial charge in [-0.1, -0.05) is 12.1 Å². The van der Waals surface area contributed by atoms with Crippen LogP contribution in [-0.2, 0) is 4.79 Å². The second-order valence-corrected chi connectivity index (χ2v) is 3.47. The summed E-state index contributed by atoms with van der Waals surface area (Å²) < 4.78 is 0. The number of likely N-dealkylation sites (N-methyl/N-ethyl adjacent to an activating group) is 1. The summed E-state index contributed by atoms with van der Waals surface area (Å²) >= 11 is 0. The Kier molecular flexibility index (Phi) is 4.54. The first-order chi connectivity index (χ1) is 7.63. The SMILES string of the molecule is CN(CCO)c1ccc(C=CC(N)=O)cc1. The minimum atomic E-state index is -0.457. The molecule has 0 radical (unpaired) electrons. The molecule has 0 fully saturated rings.